The minimum Gasteiger partial charge on any atom is -0.289 e. The molecule has 0 N–H and O–H groups in total. The molecule has 5 rings (SSSR count). The van der Waals surface area contributed by atoms with Gasteiger partial charge in [0.05, 0.1) is 0 Å². The summed E-state index contributed by atoms with van der Waals surface area (Å²) in [7, 11) is 0. The van der Waals surface area contributed by atoms with Crippen molar-refractivity contribution >= 4 is 31.6 Å². The number of nitrogens with zero attached hydrogens (tertiary/aromatic N) is 2. The largest absolute Gasteiger partial charge is 0.289 e. The number of hydrogen-bond donors (Lipinski definition) is 0. The number of benzene rings is 2. The zero-order chi connectivity index (χ0) is 18.4. The molecule has 0 aliphatic heterocycles. The lowest BCUT2D eigenvalue weighted by Gasteiger charge is -2.19. The maximum atomic E-state index is 13.5. The standard InChI is InChI=1S/C22H18N2O2S/c25-19-16-12-6-7-13-17(16)27-21-18(19)22(26)24(15-10-4-5-11-15)20(23-21)14-8-2-1-3-9-14/h1-3,6-9,12-13,15H,4-5,10-11H2. The van der Waals surface area contributed by atoms with Gasteiger partial charge in [-0.3, -0.25) is 14.2 Å². The van der Waals surface area contributed by atoms with Crippen LogP contribution in [0.2, 0.25) is 0 Å². The maximum Gasteiger partial charge on any atom is 0.266 e. The van der Waals surface area contributed by atoms with Gasteiger partial charge in [0.1, 0.15) is 16.0 Å². The molecule has 2 heterocycles. The molecule has 0 unspecified atom stereocenters. The van der Waals surface area contributed by atoms with Gasteiger partial charge in [0.25, 0.3) is 5.56 Å². The van der Waals surface area contributed by atoms with E-state index >= 15 is 0 Å². The van der Waals surface area contributed by atoms with E-state index in [0.717, 1.165) is 35.9 Å². The lowest BCUT2D eigenvalue weighted by Crippen LogP contribution is -2.29. The maximum absolute atomic E-state index is 13.5. The molecule has 134 valence electrons. The monoisotopic (exact) mass is 374 g/mol. The highest BCUT2D eigenvalue weighted by Crippen LogP contribution is 2.33. The smallest absolute Gasteiger partial charge is 0.266 e. The summed E-state index contributed by atoms with van der Waals surface area (Å²) in [5.74, 6) is 0.672. The first-order chi connectivity index (χ1) is 13.2. The quantitative estimate of drug-likeness (QED) is 0.476. The van der Waals surface area contributed by atoms with Crippen LogP contribution in [0.5, 0.6) is 0 Å². The molecule has 0 bridgehead atoms. The zero-order valence-electron chi connectivity index (χ0n) is 14.7. The van der Waals surface area contributed by atoms with Gasteiger partial charge in [-0.15, -0.1) is 11.3 Å². The summed E-state index contributed by atoms with van der Waals surface area (Å²) in [6.45, 7) is 0. The summed E-state index contributed by atoms with van der Waals surface area (Å²) in [4.78, 5) is 31.9. The van der Waals surface area contributed by atoms with Crippen LogP contribution >= 0.6 is 11.3 Å². The number of fused-ring (bicyclic) bond motifs is 2. The molecule has 0 spiro atoms. The molecule has 5 heteroatoms. The molecule has 2 aromatic carbocycles. The molecule has 1 saturated carbocycles. The molecule has 0 saturated heterocycles. The Bertz CT molecular complexity index is 1270. The molecule has 4 nitrogen and oxygen atoms in total. The van der Waals surface area contributed by atoms with Crippen LogP contribution in [0.4, 0.5) is 0 Å². The molecule has 0 amide bonds. The lowest BCUT2D eigenvalue weighted by atomic mass is 10.1. The van der Waals surface area contributed by atoms with Crippen LogP contribution in [0.1, 0.15) is 31.7 Å². The Balaban J connectivity index is 1.93. The molecule has 27 heavy (non-hydrogen) atoms. The van der Waals surface area contributed by atoms with Gasteiger partial charge in [0.2, 0.25) is 5.43 Å². The minimum atomic E-state index is -0.205. The van der Waals surface area contributed by atoms with Crippen molar-refractivity contribution in [1.29, 1.82) is 0 Å². The number of aromatic nitrogens is 2. The number of rotatable bonds is 2. The predicted molar refractivity (Wildman–Crippen MR) is 111 cm³/mol. The summed E-state index contributed by atoms with van der Waals surface area (Å²) >= 11 is 1.42. The molecule has 1 aliphatic rings. The van der Waals surface area contributed by atoms with Crippen molar-refractivity contribution in [2.24, 2.45) is 0 Å². The van der Waals surface area contributed by atoms with E-state index in [4.69, 9.17) is 4.98 Å². The van der Waals surface area contributed by atoms with Crippen molar-refractivity contribution in [3.63, 3.8) is 0 Å². The van der Waals surface area contributed by atoms with Crippen LogP contribution in [0, 0.1) is 0 Å². The molecule has 0 radical (unpaired) electrons. The van der Waals surface area contributed by atoms with Crippen LogP contribution in [0.3, 0.4) is 0 Å². The fourth-order valence-electron chi connectivity index (χ4n) is 4.06. The topological polar surface area (TPSA) is 52.0 Å². The molecular weight excluding hydrogens is 356 g/mol. The summed E-state index contributed by atoms with van der Waals surface area (Å²) in [6, 6.07) is 17.4. The summed E-state index contributed by atoms with van der Waals surface area (Å²) in [5.41, 5.74) is 0.511. The fraction of sp³-hybridized carbons (Fsp3) is 0.227. The van der Waals surface area contributed by atoms with Crippen LogP contribution in [0.25, 0.3) is 31.7 Å². The lowest BCUT2D eigenvalue weighted by molar-refractivity contribution is 0.505. The Hall–Kier alpha value is -2.79. The highest BCUT2D eigenvalue weighted by molar-refractivity contribution is 7.24. The Labute approximate surface area is 159 Å². The summed E-state index contributed by atoms with van der Waals surface area (Å²) in [5, 5.41) is 0.824. The van der Waals surface area contributed by atoms with E-state index in [1.165, 1.54) is 11.3 Å². The molecular formula is C22H18N2O2S. The first kappa shape index (κ1) is 16.4. The zero-order valence-corrected chi connectivity index (χ0v) is 15.5. The van der Waals surface area contributed by atoms with Gasteiger partial charge in [-0.05, 0) is 25.0 Å². The van der Waals surface area contributed by atoms with E-state index in [9.17, 15) is 9.59 Å². The second kappa shape index (κ2) is 6.43. The Morgan fingerprint density at radius 1 is 0.926 bits per heavy atom. The van der Waals surface area contributed by atoms with E-state index in [-0.39, 0.29) is 22.4 Å². The van der Waals surface area contributed by atoms with Gasteiger partial charge in [0, 0.05) is 21.7 Å². The van der Waals surface area contributed by atoms with Crippen LogP contribution in [-0.2, 0) is 0 Å². The van der Waals surface area contributed by atoms with Gasteiger partial charge in [-0.2, -0.15) is 0 Å². The van der Waals surface area contributed by atoms with E-state index in [0.29, 0.717) is 16.0 Å². The van der Waals surface area contributed by atoms with Crippen molar-refractivity contribution in [3.05, 3.63) is 75.2 Å². The molecule has 2 aromatic heterocycles. The minimum absolute atomic E-state index is 0.112. The second-order valence-corrected chi connectivity index (χ2v) is 8.05. The molecule has 1 fully saturated rings. The SMILES string of the molecule is O=c1c2ccccc2sc2nc(-c3ccccc3)n(C3CCCC3)c(=O)c12. The van der Waals surface area contributed by atoms with Gasteiger partial charge in [-0.1, -0.05) is 55.3 Å². The number of hydrogen-bond acceptors (Lipinski definition) is 4. The van der Waals surface area contributed by atoms with E-state index in [1.807, 2.05) is 48.5 Å². The predicted octanol–water partition coefficient (Wildman–Crippen LogP) is 4.75. The average molecular weight is 374 g/mol. The first-order valence-electron chi connectivity index (χ1n) is 9.27. The van der Waals surface area contributed by atoms with E-state index in [2.05, 4.69) is 0 Å². The van der Waals surface area contributed by atoms with Gasteiger partial charge in [-0.25, -0.2) is 4.98 Å². The van der Waals surface area contributed by atoms with Crippen LogP contribution in [0.15, 0.2) is 64.2 Å². The van der Waals surface area contributed by atoms with Crippen molar-refractivity contribution in [1.82, 2.24) is 9.55 Å². The van der Waals surface area contributed by atoms with Crippen LogP contribution < -0.4 is 11.0 Å². The molecule has 0 atom stereocenters. The van der Waals surface area contributed by atoms with E-state index < -0.39 is 0 Å². The van der Waals surface area contributed by atoms with Crippen molar-refractivity contribution in [3.8, 4) is 11.4 Å². The first-order valence-corrected chi connectivity index (χ1v) is 10.1. The fourth-order valence-corrected chi connectivity index (χ4v) is 5.10. The third-order valence-electron chi connectivity index (χ3n) is 5.37. The van der Waals surface area contributed by atoms with Crippen LogP contribution in [-0.4, -0.2) is 9.55 Å². The van der Waals surface area contributed by atoms with Crippen molar-refractivity contribution in [2.75, 3.05) is 0 Å². The Kier molecular flexibility index (Phi) is 3.90. The third-order valence-corrected chi connectivity index (χ3v) is 6.43. The van der Waals surface area contributed by atoms with Crippen molar-refractivity contribution in [2.45, 2.75) is 31.7 Å². The van der Waals surface area contributed by atoms with Gasteiger partial charge in [0.15, 0.2) is 0 Å². The average Bonchev–Trinajstić information content (AvgIpc) is 3.22. The highest BCUT2D eigenvalue weighted by atomic mass is 32.1. The van der Waals surface area contributed by atoms with Gasteiger partial charge < -0.3 is 0 Å². The normalized spacial score (nSPS) is 15.0. The summed E-state index contributed by atoms with van der Waals surface area (Å²) in [6.07, 6.45) is 4.12. The molecule has 4 aromatic rings. The Morgan fingerprint density at radius 2 is 1.63 bits per heavy atom. The molecule has 1 aliphatic carbocycles. The third kappa shape index (κ3) is 2.61. The van der Waals surface area contributed by atoms with Gasteiger partial charge >= 0.3 is 0 Å². The second-order valence-electron chi connectivity index (χ2n) is 7.02. The summed E-state index contributed by atoms with van der Waals surface area (Å²) < 4.78 is 2.65. The highest BCUT2D eigenvalue weighted by Gasteiger charge is 2.25. The van der Waals surface area contributed by atoms with Crippen molar-refractivity contribution < 1.29 is 0 Å². The van der Waals surface area contributed by atoms with E-state index in [1.54, 1.807) is 10.6 Å². The Morgan fingerprint density at radius 3 is 2.41 bits per heavy atom.